The van der Waals surface area contributed by atoms with Gasteiger partial charge in [0.1, 0.15) is 0 Å². The van der Waals surface area contributed by atoms with E-state index in [2.05, 4.69) is 6.92 Å². The molecule has 94 valence electrons. The van der Waals surface area contributed by atoms with Crippen molar-refractivity contribution in [2.45, 2.75) is 51.9 Å². The number of hydrogen-bond donors (Lipinski definition) is 1. The highest BCUT2D eigenvalue weighted by atomic mass is 16.5. The fourth-order valence-corrected chi connectivity index (χ4v) is 2.25. The predicted octanol–water partition coefficient (Wildman–Crippen LogP) is 2.48. The van der Waals surface area contributed by atoms with Crippen LogP contribution in [0, 0.1) is 11.8 Å². The van der Waals surface area contributed by atoms with Crippen LogP contribution in [0.3, 0.4) is 0 Å². The second-order valence-electron chi connectivity index (χ2n) is 5.05. The smallest absolute Gasteiger partial charge is 0.305 e. The highest BCUT2D eigenvalue weighted by Gasteiger charge is 2.17. The summed E-state index contributed by atoms with van der Waals surface area (Å²) in [6.45, 7) is 3.49. The zero-order valence-electron chi connectivity index (χ0n) is 10.4. The van der Waals surface area contributed by atoms with Gasteiger partial charge in [-0.2, -0.15) is 0 Å². The molecule has 3 nitrogen and oxygen atoms in total. The monoisotopic (exact) mass is 227 g/mol. The van der Waals surface area contributed by atoms with E-state index in [1.54, 1.807) is 0 Å². The van der Waals surface area contributed by atoms with Crippen molar-refractivity contribution in [2.24, 2.45) is 17.6 Å². The third kappa shape index (κ3) is 5.50. The molecule has 0 amide bonds. The standard InChI is InChI=1S/C13H25NO2/c1-11(8-9-14)6-7-13(15)16-10-12-4-2-3-5-12/h11-12H,2-10,14H2,1H3. The van der Waals surface area contributed by atoms with E-state index in [0.29, 0.717) is 31.4 Å². The summed E-state index contributed by atoms with van der Waals surface area (Å²) < 4.78 is 5.28. The fraction of sp³-hybridized carbons (Fsp3) is 0.923. The van der Waals surface area contributed by atoms with Crippen LogP contribution < -0.4 is 5.73 Å². The summed E-state index contributed by atoms with van der Waals surface area (Å²) in [4.78, 5) is 11.5. The molecule has 0 bridgehead atoms. The van der Waals surface area contributed by atoms with Gasteiger partial charge in [-0.05, 0) is 44.1 Å². The van der Waals surface area contributed by atoms with Crippen molar-refractivity contribution in [1.29, 1.82) is 0 Å². The predicted molar refractivity (Wildman–Crippen MR) is 65.0 cm³/mol. The van der Waals surface area contributed by atoms with Gasteiger partial charge < -0.3 is 10.5 Å². The van der Waals surface area contributed by atoms with Gasteiger partial charge in [-0.1, -0.05) is 19.8 Å². The molecule has 0 heterocycles. The topological polar surface area (TPSA) is 52.3 Å². The first kappa shape index (κ1) is 13.5. The molecule has 2 N–H and O–H groups in total. The van der Waals surface area contributed by atoms with Crippen LogP contribution in [0.15, 0.2) is 0 Å². The Bertz CT molecular complexity index is 200. The van der Waals surface area contributed by atoms with E-state index < -0.39 is 0 Å². The van der Waals surface area contributed by atoms with Crippen LogP contribution in [-0.2, 0) is 9.53 Å². The van der Waals surface area contributed by atoms with Crippen molar-refractivity contribution >= 4 is 5.97 Å². The maximum Gasteiger partial charge on any atom is 0.305 e. The number of ether oxygens (including phenoxy) is 1. The second-order valence-corrected chi connectivity index (χ2v) is 5.05. The molecule has 0 aromatic rings. The van der Waals surface area contributed by atoms with Crippen molar-refractivity contribution < 1.29 is 9.53 Å². The fourth-order valence-electron chi connectivity index (χ4n) is 2.25. The van der Waals surface area contributed by atoms with E-state index in [9.17, 15) is 4.79 Å². The molecule has 1 saturated carbocycles. The third-order valence-electron chi connectivity index (χ3n) is 3.46. The summed E-state index contributed by atoms with van der Waals surface area (Å²) in [5.74, 6) is 1.13. The molecule has 1 rings (SSSR count). The molecule has 1 aliphatic rings. The van der Waals surface area contributed by atoms with Gasteiger partial charge in [0.15, 0.2) is 0 Å². The largest absolute Gasteiger partial charge is 0.465 e. The average Bonchev–Trinajstić information content (AvgIpc) is 2.77. The Morgan fingerprint density at radius 1 is 1.38 bits per heavy atom. The van der Waals surface area contributed by atoms with Crippen LogP contribution in [-0.4, -0.2) is 19.1 Å². The summed E-state index contributed by atoms with van der Waals surface area (Å²) in [7, 11) is 0. The van der Waals surface area contributed by atoms with Crippen LogP contribution in [0.5, 0.6) is 0 Å². The number of nitrogens with two attached hydrogens (primary N) is 1. The summed E-state index contributed by atoms with van der Waals surface area (Å²) in [5, 5.41) is 0. The normalized spacial score (nSPS) is 18.6. The lowest BCUT2D eigenvalue weighted by Gasteiger charge is -2.12. The Morgan fingerprint density at radius 3 is 2.69 bits per heavy atom. The molecule has 1 unspecified atom stereocenters. The zero-order valence-corrected chi connectivity index (χ0v) is 10.4. The van der Waals surface area contributed by atoms with Gasteiger partial charge in [-0.3, -0.25) is 4.79 Å². The lowest BCUT2D eigenvalue weighted by Crippen LogP contribution is -2.13. The van der Waals surface area contributed by atoms with Crippen molar-refractivity contribution in [2.75, 3.05) is 13.2 Å². The number of carbonyl (C=O) groups is 1. The molecule has 0 aromatic carbocycles. The molecule has 1 atom stereocenters. The van der Waals surface area contributed by atoms with Gasteiger partial charge in [-0.15, -0.1) is 0 Å². The maximum absolute atomic E-state index is 11.5. The van der Waals surface area contributed by atoms with E-state index in [0.717, 1.165) is 12.8 Å². The number of carbonyl (C=O) groups excluding carboxylic acids is 1. The van der Waals surface area contributed by atoms with Gasteiger partial charge in [-0.25, -0.2) is 0 Å². The molecule has 0 saturated heterocycles. The summed E-state index contributed by atoms with van der Waals surface area (Å²) in [6, 6.07) is 0. The zero-order chi connectivity index (χ0) is 11.8. The van der Waals surface area contributed by atoms with Crippen LogP contribution in [0.1, 0.15) is 51.9 Å². The minimum absolute atomic E-state index is 0.0317. The van der Waals surface area contributed by atoms with Crippen LogP contribution >= 0.6 is 0 Å². The van der Waals surface area contributed by atoms with E-state index in [4.69, 9.17) is 10.5 Å². The number of rotatable bonds is 7. The first-order valence-electron chi connectivity index (χ1n) is 6.58. The Hall–Kier alpha value is -0.570. The minimum atomic E-state index is -0.0317. The average molecular weight is 227 g/mol. The molecular formula is C13H25NO2. The van der Waals surface area contributed by atoms with Gasteiger partial charge >= 0.3 is 5.97 Å². The lowest BCUT2D eigenvalue weighted by atomic mass is 10.0. The van der Waals surface area contributed by atoms with Gasteiger partial charge in [0.25, 0.3) is 0 Å². The summed E-state index contributed by atoms with van der Waals surface area (Å²) in [5.41, 5.74) is 5.46. The summed E-state index contributed by atoms with van der Waals surface area (Å²) >= 11 is 0. The molecule has 0 aliphatic heterocycles. The second kappa shape index (κ2) is 7.66. The molecule has 1 aliphatic carbocycles. The van der Waals surface area contributed by atoms with Crippen LogP contribution in [0.25, 0.3) is 0 Å². The molecule has 0 aromatic heterocycles. The van der Waals surface area contributed by atoms with Crippen molar-refractivity contribution in [3.63, 3.8) is 0 Å². The Balaban J connectivity index is 2.01. The quantitative estimate of drug-likeness (QED) is 0.680. The Morgan fingerprint density at radius 2 is 2.06 bits per heavy atom. The molecule has 0 spiro atoms. The van der Waals surface area contributed by atoms with Gasteiger partial charge in [0.05, 0.1) is 6.61 Å². The molecule has 0 radical (unpaired) electrons. The van der Waals surface area contributed by atoms with E-state index in [1.165, 1.54) is 25.7 Å². The van der Waals surface area contributed by atoms with Gasteiger partial charge in [0, 0.05) is 6.42 Å². The molecule has 1 fully saturated rings. The van der Waals surface area contributed by atoms with E-state index in [-0.39, 0.29) is 5.97 Å². The molecule has 16 heavy (non-hydrogen) atoms. The number of esters is 1. The Kier molecular flexibility index (Phi) is 6.46. The highest BCUT2D eigenvalue weighted by molar-refractivity contribution is 5.69. The van der Waals surface area contributed by atoms with Crippen molar-refractivity contribution in [1.82, 2.24) is 0 Å². The molecular weight excluding hydrogens is 202 g/mol. The van der Waals surface area contributed by atoms with Crippen molar-refractivity contribution in [3.8, 4) is 0 Å². The maximum atomic E-state index is 11.5. The van der Waals surface area contributed by atoms with E-state index in [1.807, 2.05) is 0 Å². The first-order valence-corrected chi connectivity index (χ1v) is 6.58. The Labute approximate surface area is 98.7 Å². The van der Waals surface area contributed by atoms with Crippen LogP contribution in [0.4, 0.5) is 0 Å². The van der Waals surface area contributed by atoms with Crippen LogP contribution in [0.2, 0.25) is 0 Å². The lowest BCUT2D eigenvalue weighted by molar-refractivity contribution is -0.145. The third-order valence-corrected chi connectivity index (χ3v) is 3.46. The minimum Gasteiger partial charge on any atom is -0.465 e. The molecule has 3 heteroatoms. The SMILES string of the molecule is CC(CCN)CCC(=O)OCC1CCCC1. The van der Waals surface area contributed by atoms with E-state index >= 15 is 0 Å². The highest BCUT2D eigenvalue weighted by Crippen LogP contribution is 2.24. The number of hydrogen-bond acceptors (Lipinski definition) is 3. The van der Waals surface area contributed by atoms with Crippen molar-refractivity contribution in [3.05, 3.63) is 0 Å². The first-order chi connectivity index (χ1) is 7.72. The van der Waals surface area contributed by atoms with Gasteiger partial charge in [0.2, 0.25) is 0 Å². The summed E-state index contributed by atoms with van der Waals surface area (Å²) in [6.07, 6.45) is 7.52.